The molecule has 1 amide bonds. The molecular formula is C22H27N3O. The molecule has 0 unspecified atom stereocenters. The lowest BCUT2D eigenvalue weighted by molar-refractivity contribution is -0.122. The van der Waals surface area contributed by atoms with Crippen molar-refractivity contribution < 1.29 is 4.79 Å². The first-order valence-corrected chi connectivity index (χ1v) is 9.64. The Hall–Kier alpha value is -2.20. The second-order valence-electron chi connectivity index (χ2n) is 7.95. The summed E-state index contributed by atoms with van der Waals surface area (Å²) in [4.78, 5) is 19.1. The molecular weight excluding hydrogens is 322 g/mol. The number of benzene rings is 1. The highest BCUT2D eigenvalue weighted by Gasteiger charge is 2.50. The molecule has 4 rings (SSSR count). The summed E-state index contributed by atoms with van der Waals surface area (Å²) in [6, 6.07) is 15.7. The van der Waals surface area contributed by atoms with Crippen LogP contribution in [0, 0.1) is 0 Å². The van der Waals surface area contributed by atoms with E-state index in [1.807, 2.05) is 18.5 Å². The zero-order chi connectivity index (χ0) is 18.0. The van der Waals surface area contributed by atoms with Crippen LogP contribution in [0.15, 0.2) is 54.9 Å². The highest BCUT2D eigenvalue weighted by Crippen LogP contribution is 2.40. The van der Waals surface area contributed by atoms with Crippen LogP contribution in [0.5, 0.6) is 0 Å². The standard InChI is InChI=1S/C22H27N3O/c1-22-14-19(13-17-7-3-2-4-8-17)25(16-18-9-6-12-23-15-18)20(22)10-5-11-21(26)24-22/h2-4,6-9,12,15,19-20H,5,10-11,13-14,16H2,1H3,(H,24,26)/t19-,20+,22+/m1/s1. The number of carbonyl (C=O) groups excluding carboxylic acids is 1. The van der Waals surface area contributed by atoms with Crippen molar-refractivity contribution in [2.45, 2.75) is 63.2 Å². The van der Waals surface area contributed by atoms with Gasteiger partial charge in [-0.2, -0.15) is 0 Å². The lowest BCUT2D eigenvalue weighted by Crippen LogP contribution is -2.52. The van der Waals surface area contributed by atoms with Crippen LogP contribution in [0.2, 0.25) is 0 Å². The molecule has 0 bridgehead atoms. The topological polar surface area (TPSA) is 45.2 Å². The van der Waals surface area contributed by atoms with E-state index in [4.69, 9.17) is 0 Å². The molecule has 26 heavy (non-hydrogen) atoms. The summed E-state index contributed by atoms with van der Waals surface area (Å²) in [6.45, 7) is 3.13. The van der Waals surface area contributed by atoms with Gasteiger partial charge in [0.25, 0.3) is 0 Å². The van der Waals surface area contributed by atoms with Crippen molar-refractivity contribution in [3.05, 3.63) is 66.0 Å². The Morgan fingerprint density at radius 1 is 1.19 bits per heavy atom. The molecule has 1 aromatic heterocycles. The van der Waals surface area contributed by atoms with Gasteiger partial charge in [0, 0.05) is 37.4 Å². The van der Waals surface area contributed by atoms with Crippen LogP contribution >= 0.6 is 0 Å². The summed E-state index contributed by atoms with van der Waals surface area (Å²) >= 11 is 0. The predicted molar refractivity (Wildman–Crippen MR) is 103 cm³/mol. The number of rotatable bonds is 4. The molecule has 1 aromatic carbocycles. The monoisotopic (exact) mass is 349 g/mol. The number of nitrogens with one attached hydrogen (secondary N) is 1. The van der Waals surface area contributed by atoms with E-state index in [0.29, 0.717) is 18.5 Å². The van der Waals surface area contributed by atoms with E-state index in [1.165, 1.54) is 11.1 Å². The first kappa shape index (κ1) is 17.2. The van der Waals surface area contributed by atoms with E-state index in [9.17, 15) is 4.79 Å². The van der Waals surface area contributed by atoms with Gasteiger partial charge in [0.05, 0.1) is 5.54 Å². The number of likely N-dealkylation sites (tertiary alicyclic amines) is 1. The SMILES string of the molecule is C[C@]12C[C@@H](Cc3ccccc3)N(Cc3cccnc3)[C@H]1CCCC(=O)N2. The van der Waals surface area contributed by atoms with E-state index in [2.05, 4.69) is 58.5 Å². The normalized spacial score (nSPS) is 29.0. The van der Waals surface area contributed by atoms with Gasteiger partial charge in [-0.05, 0) is 49.8 Å². The van der Waals surface area contributed by atoms with Crippen molar-refractivity contribution in [2.75, 3.05) is 0 Å². The minimum Gasteiger partial charge on any atom is -0.349 e. The quantitative estimate of drug-likeness (QED) is 0.921. The number of carbonyl (C=O) groups is 1. The number of fused-ring (bicyclic) bond motifs is 1. The number of hydrogen-bond donors (Lipinski definition) is 1. The molecule has 136 valence electrons. The van der Waals surface area contributed by atoms with Gasteiger partial charge in [-0.1, -0.05) is 36.4 Å². The minimum absolute atomic E-state index is 0.144. The average Bonchev–Trinajstić information content (AvgIpc) is 2.78. The molecule has 4 nitrogen and oxygen atoms in total. The molecule has 2 aliphatic rings. The second-order valence-corrected chi connectivity index (χ2v) is 7.95. The highest BCUT2D eigenvalue weighted by atomic mass is 16.1. The van der Waals surface area contributed by atoms with E-state index >= 15 is 0 Å². The summed E-state index contributed by atoms with van der Waals surface area (Å²) in [5, 5.41) is 3.35. The Labute approximate surface area is 155 Å². The van der Waals surface area contributed by atoms with E-state index < -0.39 is 0 Å². The average molecular weight is 349 g/mol. The van der Waals surface area contributed by atoms with E-state index in [0.717, 1.165) is 32.2 Å². The molecule has 2 saturated heterocycles. The second kappa shape index (κ2) is 7.20. The van der Waals surface area contributed by atoms with Crippen molar-refractivity contribution in [1.82, 2.24) is 15.2 Å². The summed E-state index contributed by atoms with van der Waals surface area (Å²) in [6.07, 6.45) is 8.49. The van der Waals surface area contributed by atoms with Crippen molar-refractivity contribution >= 4 is 5.91 Å². The fourth-order valence-electron chi connectivity index (χ4n) is 4.84. The molecule has 2 aromatic rings. The van der Waals surface area contributed by atoms with Crippen LogP contribution in [-0.2, 0) is 17.8 Å². The first-order valence-electron chi connectivity index (χ1n) is 9.64. The van der Waals surface area contributed by atoms with Crippen LogP contribution in [0.3, 0.4) is 0 Å². The number of pyridine rings is 1. The number of amides is 1. The summed E-state index contributed by atoms with van der Waals surface area (Å²) in [7, 11) is 0. The van der Waals surface area contributed by atoms with Crippen molar-refractivity contribution in [3.8, 4) is 0 Å². The maximum atomic E-state index is 12.2. The fourth-order valence-corrected chi connectivity index (χ4v) is 4.84. The van der Waals surface area contributed by atoms with Crippen molar-refractivity contribution in [1.29, 1.82) is 0 Å². The number of nitrogens with zero attached hydrogens (tertiary/aromatic N) is 2. The fraction of sp³-hybridized carbons (Fsp3) is 0.455. The third kappa shape index (κ3) is 3.51. The molecule has 2 aliphatic heterocycles. The Morgan fingerprint density at radius 3 is 2.77 bits per heavy atom. The van der Waals surface area contributed by atoms with E-state index in [-0.39, 0.29) is 11.4 Å². The maximum absolute atomic E-state index is 12.2. The van der Waals surface area contributed by atoms with Gasteiger partial charge in [-0.3, -0.25) is 14.7 Å². The largest absolute Gasteiger partial charge is 0.349 e. The summed E-state index contributed by atoms with van der Waals surface area (Å²) in [5.41, 5.74) is 2.46. The molecule has 0 radical (unpaired) electrons. The third-order valence-corrected chi connectivity index (χ3v) is 5.97. The number of aromatic nitrogens is 1. The van der Waals surface area contributed by atoms with Crippen LogP contribution in [0.1, 0.15) is 43.7 Å². The summed E-state index contributed by atoms with van der Waals surface area (Å²) < 4.78 is 0. The lowest BCUT2D eigenvalue weighted by atomic mass is 9.88. The van der Waals surface area contributed by atoms with Gasteiger partial charge in [0.2, 0.25) is 5.91 Å². The molecule has 3 atom stereocenters. The molecule has 2 fully saturated rings. The maximum Gasteiger partial charge on any atom is 0.220 e. The predicted octanol–water partition coefficient (Wildman–Crippen LogP) is 3.33. The van der Waals surface area contributed by atoms with Gasteiger partial charge < -0.3 is 5.32 Å². The molecule has 1 N–H and O–H groups in total. The van der Waals surface area contributed by atoms with E-state index in [1.54, 1.807) is 0 Å². The number of hydrogen-bond acceptors (Lipinski definition) is 3. The zero-order valence-electron chi connectivity index (χ0n) is 15.4. The van der Waals surface area contributed by atoms with Crippen molar-refractivity contribution in [2.24, 2.45) is 0 Å². The van der Waals surface area contributed by atoms with Crippen LogP contribution in [0.25, 0.3) is 0 Å². The molecule has 0 spiro atoms. The zero-order valence-corrected chi connectivity index (χ0v) is 15.4. The third-order valence-electron chi connectivity index (χ3n) is 5.97. The van der Waals surface area contributed by atoms with Gasteiger partial charge in [0.15, 0.2) is 0 Å². The summed E-state index contributed by atoms with van der Waals surface area (Å²) in [5.74, 6) is 0.205. The Bertz CT molecular complexity index is 748. The highest BCUT2D eigenvalue weighted by molar-refractivity contribution is 5.77. The Morgan fingerprint density at radius 2 is 2.00 bits per heavy atom. The van der Waals surface area contributed by atoms with Crippen LogP contribution in [-0.4, -0.2) is 33.4 Å². The molecule has 4 heteroatoms. The first-order chi connectivity index (χ1) is 12.6. The smallest absolute Gasteiger partial charge is 0.220 e. The molecule has 0 aliphatic carbocycles. The Kier molecular flexibility index (Phi) is 4.77. The van der Waals surface area contributed by atoms with Gasteiger partial charge in [-0.25, -0.2) is 0 Å². The lowest BCUT2D eigenvalue weighted by Gasteiger charge is -2.35. The minimum atomic E-state index is -0.144. The molecule has 0 saturated carbocycles. The van der Waals surface area contributed by atoms with Gasteiger partial charge in [0.1, 0.15) is 0 Å². The van der Waals surface area contributed by atoms with Crippen LogP contribution in [0.4, 0.5) is 0 Å². The molecule has 3 heterocycles. The van der Waals surface area contributed by atoms with Crippen molar-refractivity contribution in [3.63, 3.8) is 0 Å². The van der Waals surface area contributed by atoms with Gasteiger partial charge >= 0.3 is 0 Å². The van der Waals surface area contributed by atoms with Crippen LogP contribution < -0.4 is 5.32 Å². The Balaban J connectivity index is 1.63. The van der Waals surface area contributed by atoms with Gasteiger partial charge in [-0.15, -0.1) is 0 Å².